The van der Waals surface area contributed by atoms with E-state index < -0.39 is 0 Å². The minimum Gasteiger partial charge on any atom is -0.382 e. The summed E-state index contributed by atoms with van der Waals surface area (Å²) in [6, 6.07) is 8.66. The zero-order valence-corrected chi connectivity index (χ0v) is 11.0. The molecule has 96 valence electrons. The van der Waals surface area contributed by atoms with Crippen molar-refractivity contribution >= 4 is 0 Å². The van der Waals surface area contributed by atoms with Gasteiger partial charge in [0.25, 0.3) is 0 Å². The van der Waals surface area contributed by atoms with Crippen LogP contribution in [0.15, 0.2) is 24.3 Å². The Balaban J connectivity index is 2.25. The molecule has 0 spiro atoms. The molecule has 0 aliphatic rings. The summed E-state index contributed by atoms with van der Waals surface area (Å²) < 4.78 is 4.88. The highest BCUT2D eigenvalue weighted by Crippen LogP contribution is 2.09. The Morgan fingerprint density at radius 2 is 1.71 bits per heavy atom. The van der Waals surface area contributed by atoms with E-state index in [9.17, 15) is 0 Å². The molecule has 1 aromatic rings. The van der Waals surface area contributed by atoms with Crippen LogP contribution in [-0.4, -0.2) is 20.3 Å². The van der Waals surface area contributed by atoms with Crippen molar-refractivity contribution in [3.8, 4) is 0 Å². The molecule has 0 atom stereocenters. The van der Waals surface area contributed by atoms with Gasteiger partial charge in [-0.25, -0.2) is 0 Å². The lowest BCUT2D eigenvalue weighted by Crippen LogP contribution is -2.17. The van der Waals surface area contributed by atoms with E-state index in [4.69, 9.17) is 9.57 Å². The summed E-state index contributed by atoms with van der Waals surface area (Å²) in [6.45, 7) is 6.38. The van der Waals surface area contributed by atoms with E-state index in [1.54, 1.807) is 7.11 Å². The molecule has 0 heterocycles. The minimum absolute atomic E-state index is 0.571. The Kier molecular flexibility index (Phi) is 6.86. The van der Waals surface area contributed by atoms with Gasteiger partial charge in [0.05, 0.1) is 13.2 Å². The highest BCUT2D eigenvalue weighted by atomic mass is 16.7. The number of hydrogen-bond donors (Lipinski definition) is 1. The number of hydrogen-bond acceptors (Lipinski definition) is 3. The molecule has 1 rings (SSSR count). The fraction of sp³-hybridized carbons (Fsp3) is 0.571. The smallest absolute Gasteiger partial charge is 0.0916 e. The molecular weight excluding hydrogens is 214 g/mol. The second-order valence-electron chi connectivity index (χ2n) is 4.58. The third kappa shape index (κ3) is 6.41. The third-order valence-corrected chi connectivity index (χ3v) is 2.43. The van der Waals surface area contributed by atoms with Gasteiger partial charge in [-0.3, -0.25) is 4.84 Å². The molecule has 0 saturated carbocycles. The summed E-state index contributed by atoms with van der Waals surface area (Å²) >= 11 is 0. The third-order valence-electron chi connectivity index (χ3n) is 2.43. The molecule has 0 aliphatic heterocycles. The first-order valence-electron chi connectivity index (χ1n) is 6.13. The molecule has 0 radical (unpaired) electrons. The van der Waals surface area contributed by atoms with Crippen molar-refractivity contribution < 1.29 is 9.57 Å². The number of rotatable bonds is 8. The Morgan fingerprint density at radius 1 is 1.06 bits per heavy atom. The van der Waals surface area contributed by atoms with Gasteiger partial charge in [0.2, 0.25) is 0 Å². The number of hydroxylamine groups is 1. The van der Waals surface area contributed by atoms with E-state index in [1.807, 2.05) is 0 Å². The average Bonchev–Trinajstić information content (AvgIpc) is 2.30. The van der Waals surface area contributed by atoms with Gasteiger partial charge in [0, 0.05) is 13.7 Å². The molecule has 0 aromatic heterocycles. The van der Waals surface area contributed by atoms with Crippen molar-refractivity contribution in [3.63, 3.8) is 0 Å². The van der Waals surface area contributed by atoms with Crippen LogP contribution in [0.25, 0.3) is 0 Å². The summed E-state index contributed by atoms with van der Waals surface area (Å²) in [5.74, 6) is 0.705. The van der Waals surface area contributed by atoms with Crippen molar-refractivity contribution in [1.82, 2.24) is 5.48 Å². The number of benzene rings is 1. The summed E-state index contributed by atoms with van der Waals surface area (Å²) in [7, 11) is 1.66. The van der Waals surface area contributed by atoms with Gasteiger partial charge in [-0.2, -0.15) is 5.48 Å². The fourth-order valence-electron chi connectivity index (χ4n) is 1.60. The quantitative estimate of drug-likeness (QED) is 0.557. The lowest BCUT2D eigenvalue weighted by Gasteiger charge is -2.08. The van der Waals surface area contributed by atoms with Gasteiger partial charge in [0.15, 0.2) is 0 Å². The lowest BCUT2D eigenvalue weighted by atomic mass is 10.0. The van der Waals surface area contributed by atoms with Crippen LogP contribution in [0.1, 0.15) is 25.0 Å². The van der Waals surface area contributed by atoms with Crippen LogP contribution in [0.4, 0.5) is 0 Å². The van der Waals surface area contributed by atoms with Gasteiger partial charge >= 0.3 is 0 Å². The van der Waals surface area contributed by atoms with Crippen LogP contribution < -0.4 is 5.48 Å². The van der Waals surface area contributed by atoms with E-state index >= 15 is 0 Å². The second-order valence-corrected chi connectivity index (χ2v) is 4.58. The second kappa shape index (κ2) is 8.23. The van der Waals surface area contributed by atoms with E-state index in [2.05, 4.69) is 43.6 Å². The first kappa shape index (κ1) is 14.2. The van der Waals surface area contributed by atoms with Crippen LogP contribution in [0, 0.1) is 5.92 Å². The number of ether oxygens (including phenoxy) is 1. The lowest BCUT2D eigenvalue weighted by molar-refractivity contribution is 0.00346. The molecule has 3 nitrogen and oxygen atoms in total. The van der Waals surface area contributed by atoms with Crippen LogP contribution in [0.5, 0.6) is 0 Å². The zero-order valence-electron chi connectivity index (χ0n) is 11.0. The van der Waals surface area contributed by atoms with Crippen molar-refractivity contribution in [2.45, 2.75) is 26.8 Å². The maximum atomic E-state index is 5.20. The SMILES string of the molecule is COCCONCc1ccc(CC(C)C)cc1. The molecule has 1 aromatic carbocycles. The molecule has 1 N–H and O–H groups in total. The van der Waals surface area contributed by atoms with Gasteiger partial charge in [-0.05, 0) is 23.5 Å². The summed E-state index contributed by atoms with van der Waals surface area (Å²) in [6.07, 6.45) is 1.14. The number of nitrogens with one attached hydrogen (secondary N) is 1. The summed E-state index contributed by atoms with van der Waals surface area (Å²) in [4.78, 5) is 5.20. The average molecular weight is 237 g/mol. The maximum Gasteiger partial charge on any atom is 0.0916 e. The highest BCUT2D eigenvalue weighted by Gasteiger charge is 1.98. The van der Waals surface area contributed by atoms with Crippen molar-refractivity contribution in [1.29, 1.82) is 0 Å². The van der Waals surface area contributed by atoms with E-state index in [-0.39, 0.29) is 0 Å². The Labute approximate surface area is 104 Å². The summed E-state index contributed by atoms with van der Waals surface area (Å²) in [5, 5.41) is 0. The van der Waals surface area contributed by atoms with Gasteiger partial charge in [0.1, 0.15) is 0 Å². The first-order valence-corrected chi connectivity index (χ1v) is 6.13. The summed E-state index contributed by atoms with van der Waals surface area (Å²) in [5.41, 5.74) is 5.54. The normalized spacial score (nSPS) is 11.1. The van der Waals surface area contributed by atoms with E-state index in [1.165, 1.54) is 11.1 Å². The van der Waals surface area contributed by atoms with Crippen LogP contribution in [-0.2, 0) is 22.5 Å². The minimum atomic E-state index is 0.571. The topological polar surface area (TPSA) is 30.5 Å². The first-order chi connectivity index (χ1) is 8.22. The zero-order chi connectivity index (χ0) is 12.5. The van der Waals surface area contributed by atoms with Crippen molar-refractivity contribution in [2.24, 2.45) is 5.92 Å². The number of methoxy groups -OCH3 is 1. The Morgan fingerprint density at radius 3 is 2.29 bits per heavy atom. The highest BCUT2D eigenvalue weighted by molar-refractivity contribution is 5.22. The molecule has 0 fully saturated rings. The van der Waals surface area contributed by atoms with Crippen molar-refractivity contribution in [2.75, 3.05) is 20.3 Å². The van der Waals surface area contributed by atoms with Gasteiger partial charge in [-0.15, -0.1) is 0 Å². The molecule has 3 heteroatoms. The van der Waals surface area contributed by atoms with Crippen LogP contribution in [0.3, 0.4) is 0 Å². The van der Waals surface area contributed by atoms with E-state index in [0.717, 1.165) is 13.0 Å². The van der Waals surface area contributed by atoms with Crippen LogP contribution >= 0.6 is 0 Å². The predicted molar refractivity (Wildman–Crippen MR) is 69.7 cm³/mol. The Bertz CT molecular complexity index is 296. The van der Waals surface area contributed by atoms with Gasteiger partial charge in [-0.1, -0.05) is 38.1 Å². The largest absolute Gasteiger partial charge is 0.382 e. The molecule has 0 aliphatic carbocycles. The van der Waals surface area contributed by atoms with Crippen LogP contribution in [0.2, 0.25) is 0 Å². The fourth-order valence-corrected chi connectivity index (χ4v) is 1.60. The molecule has 0 saturated heterocycles. The molecular formula is C14H23NO2. The molecule has 17 heavy (non-hydrogen) atoms. The van der Waals surface area contributed by atoms with Gasteiger partial charge < -0.3 is 4.74 Å². The predicted octanol–water partition coefficient (Wildman–Crippen LogP) is 2.55. The molecule has 0 amide bonds. The van der Waals surface area contributed by atoms with Crippen molar-refractivity contribution in [3.05, 3.63) is 35.4 Å². The maximum absolute atomic E-state index is 5.20. The molecule has 0 bridgehead atoms. The standard InChI is InChI=1S/C14H23NO2/c1-12(2)10-13-4-6-14(7-5-13)11-15-17-9-8-16-3/h4-7,12,15H,8-11H2,1-3H3. The molecule has 0 unspecified atom stereocenters. The Hall–Kier alpha value is -0.900. The monoisotopic (exact) mass is 237 g/mol. The van der Waals surface area contributed by atoms with E-state index in [0.29, 0.717) is 19.1 Å².